The Labute approximate surface area is 246 Å². The number of rotatable bonds is 14. The number of anilines is 2. The largest absolute Gasteiger partial charge is 0.339 e. The van der Waals surface area contributed by atoms with Gasteiger partial charge in [-0.2, -0.15) is 0 Å². The first-order valence-corrected chi connectivity index (χ1v) is 17.0. The smallest absolute Gasteiger partial charge is 0.253 e. The lowest BCUT2D eigenvalue weighted by molar-refractivity contribution is 0.0741. The Kier molecular flexibility index (Phi) is 10.5. The molecule has 224 valence electrons. The van der Waals surface area contributed by atoms with Crippen molar-refractivity contribution in [2.45, 2.75) is 71.2 Å². The maximum atomic E-state index is 13.7. The van der Waals surface area contributed by atoms with Crippen LogP contribution in [0, 0.1) is 11.8 Å². The number of aromatic nitrogens is 2. The molecule has 1 saturated heterocycles. The van der Waals surface area contributed by atoms with Crippen molar-refractivity contribution in [3.05, 3.63) is 48.0 Å². The lowest BCUT2D eigenvalue weighted by Gasteiger charge is -2.25. The highest BCUT2D eigenvalue weighted by molar-refractivity contribution is 7.90. The molecule has 1 fully saturated rings. The van der Waals surface area contributed by atoms with E-state index in [0.29, 0.717) is 23.3 Å². The quantitative estimate of drug-likeness (QED) is 0.244. The molecule has 1 aliphatic heterocycles. The van der Waals surface area contributed by atoms with Crippen LogP contribution >= 0.6 is 0 Å². The molecule has 1 aromatic heterocycles. The zero-order valence-corrected chi connectivity index (χ0v) is 26.2. The third-order valence-electron chi connectivity index (χ3n) is 7.83. The van der Waals surface area contributed by atoms with E-state index in [0.717, 1.165) is 75.3 Å². The Hall–Kier alpha value is -2.91. The molecule has 1 aliphatic rings. The number of hydrogen-bond acceptors (Lipinski definition) is 6. The summed E-state index contributed by atoms with van der Waals surface area (Å²) in [7, 11) is -3.27. The van der Waals surface area contributed by atoms with E-state index >= 15 is 0 Å². The molecule has 0 aliphatic carbocycles. The molecule has 0 saturated carbocycles. The third kappa shape index (κ3) is 8.55. The second-order valence-electron chi connectivity index (χ2n) is 12.3. The Balaban J connectivity index is 1.63. The summed E-state index contributed by atoms with van der Waals surface area (Å²) < 4.78 is 26.0. The van der Waals surface area contributed by atoms with Crippen LogP contribution in [0.2, 0.25) is 0 Å². The highest BCUT2D eigenvalue weighted by Crippen LogP contribution is 2.26. The maximum Gasteiger partial charge on any atom is 0.253 e. The van der Waals surface area contributed by atoms with Crippen molar-refractivity contribution in [2.75, 3.05) is 44.3 Å². The molecule has 1 amide bonds. The number of sulfone groups is 1. The summed E-state index contributed by atoms with van der Waals surface area (Å²) >= 11 is 0. The zero-order valence-electron chi connectivity index (χ0n) is 25.4. The lowest BCUT2D eigenvalue weighted by Crippen LogP contribution is -2.34. The Bertz CT molecular complexity index is 1400. The minimum Gasteiger partial charge on any atom is -0.339 e. The fraction of sp³-hybridized carbons (Fsp3) is 0.562. The summed E-state index contributed by atoms with van der Waals surface area (Å²) in [6, 6.07) is 12.6. The summed E-state index contributed by atoms with van der Waals surface area (Å²) in [5.41, 5.74) is 3.21. The number of fused-ring (bicyclic) bond motifs is 1. The van der Waals surface area contributed by atoms with Gasteiger partial charge in [-0.1, -0.05) is 27.7 Å². The Morgan fingerprint density at radius 3 is 2.17 bits per heavy atom. The van der Waals surface area contributed by atoms with Crippen molar-refractivity contribution in [1.82, 2.24) is 19.4 Å². The number of hydrogen-bond donors (Lipinski definition) is 1. The van der Waals surface area contributed by atoms with Crippen molar-refractivity contribution >= 4 is 38.4 Å². The highest BCUT2D eigenvalue weighted by Gasteiger charge is 2.20. The topological polar surface area (TPSA) is 87.5 Å². The molecule has 0 spiro atoms. The summed E-state index contributed by atoms with van der Waals surface area (Å²) in [5, 5.41) is 3.40. The van der Waals surface area contributed by atoms with Crippen LogP contribution in [0.3, 0.4) is 0 Å². The first-order chi connectivity index (χ1) is 19.5. The molecule has 8 nitrogen and oxygen atoms in total. The van der Waals surface area contributed by atoms with Gasteiger partial charge in [0.05, 0.1) is 15.9 Å². The van der Waals surface area contributed by atoms with Crippen LogP contribution in [0.25, 0.3) is 11.0 Å². The second-order valence-corrected chi connectivity index (χ2v) is 14.3. The first kappa shape index (κ1) is 31.0. The summed E-state index contributed by atoms with van der Waals surface area (Å²) in [5.74, 6) is 1.83. The average Bonchev–Trinajstić information content (AvgIpc) is 3.55. The van der Waals surface area contributed by atoms with Crippen molar-refractivity contribution in [3.8, 4) is 0 Å². The van der Waals surface area contributed by atoms with Crippen LogP contribution in [-0.2, 0) is 16.4 Å². The third-order valence-corrected chi connectivity index (χ3v) is 8.96. The van der Waals surface area contributed by atoms with E-state index in [-0.39, 0.29) is 10.8 Å². The van der Waals surface area contributed by atoms with Gasteiger partial charge in [0, 0.05) is 37.1 Å². The van der Waals surface area contributed by atoms with Crippen LogP contribution < -0.4 is 5.32 Å². The fourth-order valence-electron chi connectivity index (χ4n) is 5.28. The molecule has 1 N–H and O–H groups in total. The number of imidazole rings is 1. The van der Waals surface area contributed by atoms with Crippen molar-refractivity contribution < 1.29 is 13.2 Å². The molecule has 0 radical (unpaired) electrons. The van der Waals surface area contributed by atoms with E-state index in [1.165, 1.54) is 19.1 Å². The van der Waals surface area contributed by atoms with Crippen molar-refractivity contribution in [3.63, 3.8) is 0 Å². The Morgan fingerprint density at radius 1 is 0.951 bits per heavy atom. The number of likely N-dealkylation sites (tertiary alicyclic amines) is 1. The van der Waals surface area contributed by atoms with E-state index in [9.17, 15) is 13.2 Å². The molecule has 4 rings (SSSR count). The van der Waals surface area contributed by atoms with E-state index in [1.54, 1.807) is 24.3 Å². The minimum atomic E-state index is -3.27. The predicted octanol–water partition coefficient (Wildman–Crippen LogP) is 6.20. The average molecular weight is 582 g/mol. The molecular formula is C32H47N5O3S. The van der Waals surface area contributed by atoms with E-state index < -0.39 is 9.84 Å². The number of amides is 1. The molecule has 2 aromatic carbocycles. The van der Waals surface area contributed by atoms with Crippen LogP contribution in [0.1, 0.15) is 70.2 Å². The molecule has 41 heavy (non-hydrogen) atoms. The van der Waals surface area contributed by atoms with Gasteiger partial charge in [-0.25, -0.2) is 13.4 Å². The predicted molar refractivity (Wildman–Crippen MR) is 168 cm³/mol. The number of nitrogens with one attached hydrogen (secondary N) is 1. The molecule has 0 bridgehead atoms. The minimum absolute atomic E-state index is 0.0730. The number of carbonyl (C=O) groups is 1. The van der Waals surface area contributed by atoms with Crippen molar-refractivity contribution in [2.24, 2.45) is 11.8 Å². The van der Waals surface area contributed by atoms with Gasteiger partial charge in [0.15, 0.2) is 9.84 Å². The highest BCUT2D eigenvalue weighted by atomic mass is 32.2. The summed E-state index contributed by atoms with van der Waals surface area (Å²) in [4.78, 5) is 23.4. The van der Waals surface area contributed by atoms with E-state index in [4.69, 9.17) is 4.98 Å². The molecule has 0 atom stereocenters. The van der Waals surface area contributed by atoms with Gasteiger partial charge in [-0.3, -0.25) is 4.79 Å². The van der Waals surface area contributed by atoms with Crippen LogP contribution in [0.15, 0.2) is 47.4 Å². The number of carbonyl (C=O) groups excluding carboxylic acids is 1. The fourth-order valence-corrected chi connectivity index (χ4v) is 5.91. The van der Waals surface area contributed by atoms with Crippen LogP contribution in [0.4, 0.5) is 11.6 Å². The van der Waals surface area contributed by atoms with E-state index in [2.05, 4.69) is 42.5 Å². The second kappa shape index (κ2) is 13.8. The molecule has 2 heterocycles. The number of benzene rings is 2. The SMILES string of the molecule is CC(C)CCN(CCC(C)C)C(=O)c1ccc2nc(Nc3ccc(S(C)(=O)=O)cc3)n(CCCN3CCCC3)c2c1. The van der Waals surface area contributed by atoms with Gasteiger partial charge in [0.1, 0.15) is 0 Å². The maximum absolute atomic E-state index is 13.7. The standard InChI is InChI=1S/C32H47N5O3S/c1-24(2)15-21-36(22-16-25(3)4)31(38)26-9-14-29-30(23-26)37(20-8-19-35-17-6-7-18-35)32(34-29)33-27-10-12-28(13-11-27)41(5,39)40/h9-14,23-25H,6-8,15-22H2,1-5H3,(H,33,34). The van der Waals surface area contributed by atoms with Gasteiger partial charge < -0.3 is 19.7 Å². The number of nitrogens with zero attached hydrogens (tertiary/aromatic N) is 4. The lowest BCUT2D eigenvalue weighted by atomic mass is 10.1. The van der Waals surface area contributed by atoms with Gasteiger partial charge >= 0.3 is 0 Å². The Morgan fingerprint density at radius 2 is 1.59 bits per heavy atom. The van der Waals surface area contributed by atoms with Gasteiger partial charge in [-0.15, -0.1) is 0 Å². The van der Waals surface area contributed by atoms with Crippen molar-refractivity contribution in [1.29, 1.82) is 0 Å². The van der Waals surface area contributed by atoms with Gasteiger partial charge in [-0.05, 0) is 106 Å². The van der Waals surface area contributed by atoms with E-state index in [1.807, 2.05) is 23.1 Å². The summed E-state index contributed by atoms with van der Waals surface area (Å²) in [6.45, 7) is 14.4. The monoisotopic (exact) mass is 581 g/mol. The first-order valence-electron chi connectivity index (χ1n) is 15.1. The molecule has 0 unspecified atom stereocenters. The normalized spacial score (nSPS) is 14.4. The van der Waals surface area contributed by atoms with Gasteiger partial charge in [0.2, 0.25) is 5.95 Å². The number of aryl methyl sites for hydroxylation is 1. The van der Waals surface area contributed by atoms with Crippen LogP contribution in [-0.4, -0.2) is 72.7 Å². The van der Waals surface area contributed by atoms with Gasteiger partial charge in [0.25, 0.3) is 5.91 Å². The van der Waals surface area contributed by atoms with Crippen LogP contribution in [0.5, 0.6) is 0 Å². The summed E-state index contributed by atoms with van der Waals surface area (Å²) in [6.07, 6.45) is 6.67. The zero-order chi connectivity index (χ0) is 29.6. The molecular weight excluding hydrogens is 534 g/mol. The molecule has 3 aromatic rings. The molecule has 9 heteroatoms.